The molecule has 1 aromatic rings. The largest absolute Gasteiger partial charge is 0.357 e. The van der Waals surface area contributed by atoms with Gasteiger partial charge in [-0.1, -0.05) is 13.0 Å². The summed E-state index contributed by atoms with van der Waals surface area (Å²) in [6.45, 7) is 12.8. The van der Waals surface area contributed by atoms with Gasteiger partial charge in [-0.25, -0.2) is 4.98 Å². The summed E-state index contributed by atoms with van der Waals surface area (Å²) in [6.07, 6.45) is 5.56. The standard InChI is InChI=1S/C20H36N6.HI/c1-5-12-25-13-10-18(11-14-25)24-20(21-4)23-16-17-8-9-19(22-15-17)26(6-2)7-3;/h8-9,15,18H,5-7,10-14,16H2,1-4H3,(H2,21,23,24);1H. The molecule has 1 fully saturated rings. The van der Waals surface area contributed by atoms with Gasteiger partial charge in [0.25, 0.3) is 0 Å². The Morgan fingerprint density at radius 2 is 1.93 bits per heavy atom. The smallest absolute Gasteiger partial charge is 0.191 e. The quantitative estimate of drug-likeness (QED) is 0.335. The van der Waals surface area contributed by atoms with Gasteiger partial charge in [0.05, 0.1) is 0 Å². The number of hydrogen-bond acceptors (Lipinski definition) is 4. The minimum Gasteiger partial charge on any atom is -0.357 e. The third-order valence-electron chi connectivity index (χ3n) is 5.05. The number of nitrogens with one attached hydrogen (secondary N) is 2. The highest BCUT2D eigenvalue weighted by atomic mass is 127. The number of guanidine groups is 1. The fraction of sp³-hybridized carbons (Fsp3) is 0.700. The fourth-order valence-electron chi connectivity index (χ4n) is 3.45. The Hall–Kier alpha value is -1.09. The van der Waals surface area contributed by atoms with Crippen LogP contribution in [0.3, 0.4) is 0 Å². The Labute approximate surface area is 182 Å². The van der Waals surface area contributed by atoms with Gasteiger partial charge in [0, 0.05) is 52.0 Å². The molecule has 0 bridgehead atoms. The van der Waals surface area contributed by atoms with Gasteiger partial charge in [-0.05, 0) is 51.3 Å². The molecule has 2 N–H and O–H groups in total. The molecule has 0 spiro atoms. The Morgan fingerprint density at radius 3 is 2.44 bits per heavy atom. The summed E-state index contributed by atoms with van der Waals surface area (Å²) in [5.74, 6) is 1.92. The molecule has 2 rings (SSSR count). The van der Waals surface area contributed by atoms with E-state index in [9.17, 15) is 0 Å². The number of hydrogen-bond donors (Lipinski definition) is 2. The van der Waals surface area contributed by atoms with E-state index >= 15 is 0 Å². The zero-order valence-corrected chi connectivity index (χ0v) is 19.7. The van der Waals surface area contributed by atoms with E-state index < -0.39 is 0 Å². The Bertz CT molecular complexity index is 536. The molecule has 1 aliphatic rings. The molecule has 0 atom stereocenters. The number of halogens is 1. The number of nitrogens with zero attached hydrogens (tertiary/aromatic N) is 4. The summed E-state index contributed by atoms with van der Waals surface area (Å²) in [4.78, 5) is 13.8. The van der Waals surface area contributed by atoms with Crippen LogP contribution in [-0.4, -0.2) is 61.7 Å². The van der Waals surface area contributed by atoms with Gasteiger partial charge >= 0.3 is 0 Å². The molecule has 2 heterocycles. The van der Waals surface area contributed by atoms with Crippen molar-refractivity contribution in [1.82, 2.24) is 20.5 Å². The molecule has 0 amide bonds. The molecule has 1 aromatic heterocycles. The monoisotopic (exact) mass is 488 g/mol. The summed E-state index contributed by atoms with van der Waals surface area (Å²) in [5.41, 5.74) is 1.17. The summed E-state index contributed by atoms with van der Waals surface area (Å²) < 4.78 is 0. The van der Waals surface area contributed by atoms with Gasteiger partial charge in [-0.3, -0.25) is 4.99 Å². The lowest BCUT2D eigenvalue weighted by Gasteiger charge is -2.32. The van der Waals surface area contributed by atoms with E-state index in [2.05, 4.69) is 63.3 Å². The van der Waals surface area contributed by atoms with Crippen molar-refractivity contribution < 1.29 is 0 Å². The lowest BCUT2D eigenvalue weighted by Crippen LogP contribution is -2.48. The number of aliphatic imine (C=N–C) groups is 1. The van der Waals surface area contributed by atoms with E-state index in [0.29, 0.717) is 6.04 Å². The highest BCUT2D eigenvalue weighted by molar-refractivity contribution is 14.0. The lowest BCUT2D eigenvalue weighted by atomic mass is 10.1. The summed E-state index contributed by atoms with van der Waals surface area (Å²) in [7, 11) is 1.84. The molecule has 0 aliphatic carbocycles. The minimum absolute atomic E-state index is 0. The first kappa shape index (κ1) is 23.9. The van der Waals surface area contributed by atoms with E-state index in [1.165, 1.54) is 44.5 Å². The van der Waals surface area contributed by atoms with Crippen molar-refractivity contribution in [2.45, 2.75) is 52.6 Å². The molecule has 0 saturated carbocycles. The molecule has 1 saturated heterocycles. The van der Waals surface area contributed by atoms with Crippen molar-refractivity contribution in [3.63, 3.8) is 0 Å². The molecular weight excluding hydrogens is 451 g/mol. The van der Waals surface area contributed by atoms with Crippen molar-refractivity contribution in [3.8, 4) is 0 Å². The Kier molecular flexibility index (Phi) is 11.7. The van der Waals surface area contributed by atoms with Crippen molar-refractivity contribution in [2.24, 2.45) is 4.99 Å². The van der Waals surface area contributed by atoms with E-state index in [4.69, 9.17) is 0 Å². The maximum atomic E-state index is 4.59. The third kappa shape index (κ3) is 7.81. The average Bonchev–Trinajstić information content (AvgIpc) is 2.68. The predicted molar refractivity (Wildman–Crippen MR) is 126 cm³/mol. The maximum Gasteiger partial charge on any atom is 0.191 e. The fourth-order valence-corrected chi connectivity index (χ4v) is 3.45. The highest BCUT2D eigenvalue weighted by Gasteiger charge is 2.19. The van der Waals surface area contributed by atoms with Crippen LogP contribution in [0.25, 0.3) is 0 Å². The van der Waals surface area contributed by atoms with E-state index in [1.807, 2.05) is 13.2 Å². The zero-order valence-electron chi connectivity index (χ0n) is 17.4. The van der Waals surface area contributed by atoms with E-state index in [-0.39, 0.29) is 24.0 Å². The molecule has 0 aromatic carbocycles. The lowest BCUT2D eigenvalue weighted by molar-refractivity contribution is 0.206. The van der Waals surface area contributed by atoms with Crippen LogP contribution in [0.5, 0.6) is 0 Å². The van der Waals surface area contributed by atoms with Crippen molar-refractivity contribution in [3.05, 3.63) is 23.9 Å². The molecule has 1 aliphatic heterocycles. The second-order valence-electron chi connectivity index (χ2n) is 6.88. The van der Waals surface area contributed by atoms with Crippen LogP contribution in [0.4, 0.5) is 5.82 Å². The van der Waals surface area contributed by atoms with E-state index in [1.54, 1.807) is 0 Å². The maximum absolute atomic E-state index is 4.59. The molecule has 0 radical (unpaired) electrons. The highest BCUT2D eigenvalue weighted by Crippen LogP contribution is 2.12. The number of rotatable bonds is 8. The van der Waals surface area contributed by atoms with Crippen LogP contribution in [0.1, 0.15) is 45.6 Å². The molecule has 6 nitrogen and oxygen atoms in total. The first-order chi connectivity index (χ1) is 12.7. The molecule has 7 heteroatoms. The number of aromatic nitrogens is 1. The van der Waals surface area contributed by atoms with Crippen LogP contribution in [0, 0.1) is 0 Å². The number of pyridine rings is 1. The van der Waals surface area contributed by atoms with Crippen LogP contribution in [0.2, 0.25) is 0 Å². The number of anilines is 1. The second-order valence-corrected chi connectivity index (χ2v) is 6.88. The molecule has 27 heavy (non-hydrogen) atoms. The normalized spacial score (nSPS) is 15.9. The second kappa shape index (κ2) is 13.1. The van der Waals surface area contributed by atoms with Gasteiger partial charge in [0.1, 0.15) is 5.82 Å². The van der Waals surface area contributed by atoms with Crippen molar-refractivity contribution in [2.75, 3.05) is 44.7 Å². The Balaban J connectivity index is 0.00000364. The van der Waals surface area contributed by atoms with Gasteiger partial charge in [0.2, 0.25) is 0 Å². The van der Waals surface area contributed by atoms with Crippen LogP contribution in [0.15, 0.2) is 23.3 Å². The van der Waals surface area contributed by atoms with Crippen LogP contribution in [-0.2, 0) is 6.54 Å². The van der Waals surface area contributed by atoms with Gasteiger partial charge in [-0.2, -0.15) is 0 Å². The Morgan fingerprint density at radius 1 is 1.22 bits per heavy atom. The zero-order chi connectivity index (χ0) is 18.8. The van der Waals surface area contributed by atoms with Gasteiger partial charge in [0.15, 0.2) is 5.96 Å². The summed E-state index contributed by atoms with van der Waals surface area (Å²) in [5, 5.41) is 6.99. The van der Waals surface area contributed by atoms with Gasteiger partial charge < -0.3 is 20.4 Å². The van der Waals surface area contributed by atoms with E-state index in [0.717, 1.165) is 31.4 Å². The minimum atomic E-state index is 0. The molecule has 0 unspecified atom stereocenters. The number of likely N-dealkylation sites (tertiary alicyclic amines) is 1. The predicted octanol–water partition coefficient (Wildman–Crippen LogP) is 3.09. The average molecular weight is 488 g/mol. The molecular formula is C20H37IN6. The summed E-state index contributed by atoms with van der Waals surface area (Å²) in [6, 6.07) is 4.76. The van der Waals surface area contributed by atoms with Crippen molar-refractivity contribution in [1.29, 1.82) is 0 Å². The van der Waals surface area contributed by atoms with Crippen molar-refractivity contribution >= 4 is 35.8 Å². The topological polar surface area (TPSA) is 55.8 Å². The first-order valence-corrected chi connectivity index (χ1v) is 10.1. The number of piperidine rings is 1. The van der Waals surface area contributed by atoms with Crippen LogP contribution >= 0.6 is 24.0 Å². The van der Waals surface area contributed by atoms with Crippen LogP contribution < -0.4 is 15.5 Å². The first-order valence-electron chi connectivity index (χ1n) is 10.1. The SMILES string of the molecule is CCCN1CCC(NC(=NC)NCc2ccc(N(CC)CC)nc2)CC1.I. The summed E-state index contributed by atoms with van der Waals surface area (Å²) >= 11 is 0. The molecule has 154 valence electrons. The van der Waals surface area contributed by atoms with Gasteiger partial charge in [-0.15, -0.1) is 24.0 Å². The third-order valence-corrected chi connectivity index (χ3v) is 5.05.